The second-order valence-corrected chi connectivity index (χ2v) is 6.19. The molecule has 0 saturated heterocycles. The maximum absolute atomic E-state index is 11.9. The van der Waals surface area contributed by atoms with Crippen molar-refractivity contribution in [1.82, 2.24) is 19.9 Å². The highest BCUT2D eigenvalue weighted by atomic mass is 79.9. The number of pyridine rings is 1. The molecular formula is C17H17BrN4O. The molecule has 5 nitrogen and oxygen atoms in total. The number of rotatable bonds is 6. The van der Waals surface area contributed by atoms with Gasteiger partial charge in [0.15, 0.2) is 5.65 Å². The van der Waals surface area contributed by atoms with E-state index in [4.69, 9.17) is 0 Å². The normalized spacial score (nSPS) is 10.8. The summed E-state index contributed by atoms with van der Waals surface area (Å²) in [5.41, 5.74) is 1.97. The molecule has 2 aromatic heterocycles. The zero-order valence-electron chi connectivity index (χ0n) is 12.6. The van der Waals surface area contributed by atoms with Crippen molar-refractivity contribution in [3.8, 4) is 0 Å². The number of halogens is 1. The van der Waals surface area contributed by atoms with Gasteiger partial charge in [0.1, 0.15) is 5.82 Å². The number of fused-ring (bicyclic) bond motifs is 1. The monoisotopic (exact) mass is 372 g/mol. The first-order valence-corrected chi connectivity index (χ1v) is 8.31. The van der Waals surface area contributed by atoms with Crippen LogP contribution >= 0.6 is 15.9 Å². The smallest absolute Gasteiger partial charge is 0.220 e. The van der Waals surface area contributed by atoms with Gasteiger partial charge < -0.3 is 5.32 Å². The third-order valence-electron chi connectivity index (χ3n) is 3.58. The molecule has 1 N–H and O–H groups in total. The summed E-state index contributed by atoms with van der Waals surface area (Å²) in [6.07, 6.45) is 3.81. The van der Waals surface area contributed by atoms with Crippen molar-refractivity contribution in [3.63, 3.8) is 0 Å². The molecule has 0 atom stereocenters. The number of aromatic nitrogens is 3. The van der Waals surface area contributed by atoms with E-state index in [0.29, 0.717) is 19.4 Å². The summed E-state index contributed by atoms with van der Waals surface area (Å²) in [5.74, 6) is 0.909. The summed E-state index contributed by atoms with van der Waals surface area (Å²) in [7, 11) is 0. The first-order valence-electron chi connectivity index (χ1n) is 7.52. The molecule has 2 heterocycles. The van der Waals surface area contributed by atoms with E-state index in [1.807, 2.05) is 53.1 Å². The Kier molecular flexibility index (Phi) is 5.02. The summed E-state index contributed by atoms with van der Waals surface area (Å²) in [6, 6.07) is 13.8. The number of carbonyl (C=O) groups excluding carboxylic acids is 1. The summed E-state index contributed by atoms with van der Waals surface area (Å²) < 4.78 is 2.97. The van der Waals surface area contributed by atoms with Crippen molar-refractivity contribution in [3.05, 3.63) is 64.5 Å². The predicted octanol–water partition coefficient (Wildman–Crippen LogP) is 2.78. The van der Waals surface area contributed by atoms with Crippen LogP contribution in [-0.2, 0) is 17.6 Å². The molecule has 118 valence electrons. The molecule has 0 aliphatic rings. The predicted molar refractivity (Wildman–Crippen MR) is 92.2 cm³/mol. The lowest BCUT2D eigenvalue weighted by Crippen LogP contribution is -2.26. The number of nitrogens with one attached hydrogen (secondary N) is 1. The Hall–Kier alpha value is -2.21. The van der Waals surface area contributed by atoms with Crippen LogP contribution in [0, 0.1) is 0 Å². The van der Waals surface area contributed by atoms with Crippen LogP contribution in [-0.4, -0.2) is 27.0 Å². The Bertz CT molecular complexity index is 815. The van der Waals surface area contributed by atoms with Crippen molar-refractivity contribution < 1.29 is 4.79 Å². The second-order valence-electron chi connectivity index (χ2n) is 5.27. The van der Waals surface area contributed by atoms with Crippen molar-refractivity contribution >= 4 is 27.5 Å². The fraction of sp³-hybridized carbons (Fsp3) is 0.235. The zero-order valence-corrected chi connectivity index (χ0v) is 14.2. The minimum absolute atomic E-state index is 0.0544. The Balaban J connectivity index is 1.46. The van der Waals surface area contributed by atoms with Crippen LogP contribution in [0.5, 0.6) is 0 Å². The van der Waals surface area contributed by atoms with E-state index >= 15 is 0 Å². The number of carbonyl (C=O) groups is 1. The Morgan fingerprint density at radius 3 is 2.91 bits per heavy atom. The fourth-order valence-electron chi connectivity index (χ4n) is 2.41. The van der Waals surface area contributed by atoms with Gasteiger partial charge in [-0.2, -0.15) is 0 Å². The maximum Gasteiger partial charge on any atom is 0.220 e. The highest BCUT2D eigenvalue weighted by Crippen LogP contribution is 2.12. The SMILES string of the molecule is O=C(CCc1cccc(Br)c1)NCCc1nnc2ccccn12. The number of amides is 1. The van der Waals surface area contributed by atoms with Gasteiger partial charge in [-0.15, -0.1) is 10.2 Å². The van der Waals surface area contributed by atoms with Gasteiger partial charge >= 0.3 is 0 Å². The van der Waals surface area contributed by atoms with Crippen molar-refractivity contribution in [2.75, 3.05) is 6.54 Å². The van der Waals surface area contributed by atoms with Crippen molar-refractivity contribution in [2.45, 2.75) is 19.3 Å². The molecule has 1 aromatic carbocycles. The zero-order chi connectivity index (χ0) is 16.1. The third kappa shape index (κ3) is 4.16. The summed E-state index contributed by atoms with van der Waals surface area (Å²) in [4.78, 5) is 11.9. The molecule has 3 rings (SSSR count). The molecule has 0 unspecified atom stereocenters. The molecular weight excluding hydrogens is 356 g/mol. The number of benzene rings is 1. The van der Waals surface area contributed by atoms with Crippen molar-refractivity contribution in [2.24, 2.45) is 0 Å². The van der Waals surface area contributed by atoms with Gasteiger partial charge in [0.25, 0.3) is 0 Å². The van der Waals surface area contributed by atoms with Crippen LogP contribution in [0.1, 0.15) is 17.8 Å². The molecule has 0 bridgehead atoms. The van der Waals surface area contributed by atoms with Crippen LogP contribution in [0.15, 0.2) is 53.1 Å². The van der Waals surface area contributed by atoms with Gasteiger partial charge in [0.2, 0.25) is 5.91 Å². The molecule has 0 fully saturated rings. The van der Waals surface area contributed by atoms with Gasteiger partial charge in [0, 0.05) is 30.1 Å². The van der Waals surface area contributed by atoms with E-state index in [0.717, 1.165) is 27.9 Å². The number of hydrogen-bond donors (Lipinski definition) is 1. The van der Waals surface area contributed by atoms with E-state index in [-0.39, 0.29) is 5.91 Å². The first-order chi connectivity index (χ1) is 11.2. The lowest BCUT2D eigenvalue weighted by atomic mass is 10.1. The van der Waals surface area contributed by atoms with E-state index in [2.05, 4.69) is 31.4 Å². The van der Waals surface area contributed by atoms with E-state index in [1.54, 1.807) is 0 Å². The lowest BCUT2D eigenvalue weighted by molar-refractivity contribution is -0.121. The number of hydrogen-bond acceptors (Lipinski definition) is 3. The van der Waals surface area contributed by atoms with E-state index < -0.39 is 0 Å². The molecule has 3 aromatic rings. The van der Waals surface area contributed by atoms with Gasteiger partial charge in [0.05, 0.1) is 0 Å². The molecule has 1 amide bonds. The standard InChI is InChI=1S/C17H17BrN4O/c18-14-5-3-4-13(12-14)7-8-17(23)19-10-9-16-21-20-15-6-1-2-11-22(15)16/h1-6,11-12H,7-10H2,(H,19,23). The Morgan fingerprint density at radius 1 is 1.13 bits per heavy atom. The molecule has 0 saturated carbocycles. The molecule has 0 aliphatic heterocycles. The second kappa shape index (κ2) is 7.37. The molecule has 0 aliphatic carbocycles. The van der Waals surface area contributed by atoms with Gasteiger partial charge in [-0.3, -0.25) is 9.20 Å². The topological polar surface area (TPSA) is 59.3 Å². The Morgan fingerprint density at radius 2 is 2.04 bits per heavy atom. The lowest BCUT2D eigenvalue weighted by Gasteiger charge is -2.05. The number of nitrogens with zero attached hydrogens (tertiary/aromatic N) is 3. The highest BCUT2D eigenvalue weighted by molar-refractivity contribution is 9.10. The molecule has 0 spiro atoms. The average Bonchev–Trinajstić information content (AvgIpc) is 2.97. The molecule has 0 radical (unpaired) electrons. The average molecular weight is 373 g/mol. The summed E-state index contributed by atoms with van der Waals surface area (Å²) in [6.45, 7) is 0.563. The summed E-state index contributed by atoms with van der Waals surface area (Å²) in [5, 5.41) is 11.2. The number of aryl methyl sites for hydroxylation is 1. The van der Waals surface area contributed by atoms with Crippen LogP contribution in [0.25, 0.3) is 5.65 Å². The highest BCUT2D eigenvalue weighted by Gasteiger charge is 2.06. The van der Waals surface area contributed by atoms with E-state index in [9.17, 15) is 4.79 Å². The largest absolute Gasteiger partial charge is 0.356 e. The minimum Gasteiger partial charge on any atom is -0.356 e. The third-order valence-corrected chi connectivity index (χ3v) is 4.08. The first kappa shape index (κ1) is 15.7. The van der Waals surface area contributed by atoms with E-state index in [1.165, 1.54) is 0 Å². The van der Waals surface area contributed by atoms with Crippen LogP contribution in [0.2, 0.25) is 0 Å². The van der Waals surface area contributed by atoms with Crippen LogP contribution < -0.4 is 5.32 Å². The van der Waals surface area contributed by atoms with Gasteiger partial charge in [-0.05, 0) is 36.2 Å². The van der Waals surface area contributed by atoms with Gasteiger partial charge in [-0.25, -0.2) is 0 Å². The van der Waals surface area contributed by atoms with Gasteiger partial charge in [-0.1, -0.05) is 34.1 Å². The molecule has 6 heteroatoms. The Labute approximate surface area is 142 Å². The molecule has 23 heavy (non-hydrogen) atoms. The fourth-order valence-corrected chi connectivity index (χ4v) is 2.86. The van der Waals surface area contributed by atoms with Crippen molar-refractivity contribution in [1.29, 1.82) is 0 Å². The quantitative estimate of drug-likeness (QED) is 0.723. The van der Waals surface area contributed by atoms with Crippen LogP contribution in [0.4, 0.5) is 0 Å². The minimum atomic E-state index is 0.0544. The summed E-state index contributed by atoms with van der Waals surface area (Å²) >= 11 is 3.44. The van der Waals surface area contributed by atoms with Crippen LogP contribution in [0.3, 0.4) is 0 Å². The maximum atomic E-state index is 11.9.